The molecule has 2 N–H and O–H groups in total. The fourth-order valence-electron chi connectivity index (χ4n) is 3.30. The number of nitrogens with zero attached hydrogens (tertiary/aromatic N) is 1. The number of fused-ring (bicyclic) bond motifs is 1. The SMILES string of the molecule is Cc1noc(C)c1CSc1ccccc1C(=O)Nc1ccc2c(c1)CCC(=O)N2. The maximum atomic E-state index is 12.9. The number of benzene rings is 2. The summed E-state index contributed by atoms with van der Waals surface area (Å²) in [6, 6.07) is 13.1. The summed E-state index contributed by atoms with van der Waals surface area (Å²) in [6.45, 7) is 3.82. The molecule has 2 amide bonds. The second-order valence-electron chi connectivity index (χ2n) is 6.96. The Morgan fingerprint density at radius 3 is 2.83 bits per heavy atom. The summed E-state index contributed by atoms with van der Waals surface area (Å²) < 4.78 is 5.22. The van der Waals surface area contributed by atoms with Crippen LogP contribution in [0.4, 0.5) is 11.4 Å². The van der Waals surface area contributed by atoms with Gasteiger partial charge in [0.25, 0.3) is 5.91 Å². The second kappa shape index (κ2) is 8.13. The van der Waals surface area contributed by atoms with Crippen LogP contribution >= 0.6 is 11.8 Å². The van der Waals surface area contributed by atoms with Gasteiger partial charge in [-0.15, -0.1) is 11.8 Å². The Balaban J connectivity index is 1.50. The highest BCUT2D eigenvalue weighted by Crippen LogP contribution is 2.30. The van der Waals surface area contributed by atoms with Gasteiger partial charge >= 0.3 is 0 Å². The van der Waals surface area contributed by atoms with Crippen LogP contribution in [0.1, 0.15) is 39.4 Å². The van der Waals surface area contributed by atoms with Crippen molar-refractivity contribution in [2.45, 2.75) is 37.3 Å². The summed E-state index contributed by atoms with van der Waals surface area (Å²) in [5.41, 5.74) is 5.11. The summed E-state index contributed by atoms with van der Waals surface area (Å²) in [7, 11) is 0. The van der Waals surface area contributed by atoms with E-state index >= 15 is 0 Å². The zero-order valence-electron chi connectivity index (χ0n) is 16.2. The molecule has 148 valence electrons. The normalized spacial score (nSPS) is 13.0. The van der Waals surface area contributed by atoms with Crippen LogP contribution in [-0.4, -0.2) is 17.0 Å². The van der Waals surface area contributed by atoms with Gasteiger partial charge in [0.2, 0.25) is 5.91 Å². The standard InChI is InChI=1S/C22H21N3O3S/c1-13-18(14(2)28-25-13)12-29-20-6-4-3-5-17(20)22(27)23-16-8-9-19-15(11-16)7-10-21(26)24-19/h3-6,8-9,11H,7,10,12H2,1-2H3,(H,23,27)(H,24,26). The van der Waals surface area contributed by atoms with Gasteiger partial charge in [0.15, 0.2) is 0 Å². The first-order valence-electron chi connectivity index (χ1n) is 9.39. The minimum absolute atomic E-state index is 0.0264. The van der Waals surface area contributed by atoms with Crippen molar-refractivity contribution in [1.29, 1.82) is 0 Å². The Morgan fingerprint density at radius 2 is 2.03 bits per heavy atom. The van der Waals surface area contributed by atoms with Crippen molar-refractivity contribution >= 4 is 35.0 Å². The van der Waals surface area contributed by atoms with E-state index in [9.17, 15) is 9.59 Å². The number of carbonyl (C=O) groups excluding carboxylic acids is 2. The van der Waals surface area contributed by atoms with Crippen LogP contribution in [0.5, 0.6) is 0 Å². The molecule has 3 aromatic rings. The zero-order chi connectivity index (χ0) is 20.4. The number of rotatable bonds is 5. The first-order valence-corrected chi connectivity index (χ1v) is 10.4. The molecule has 4 rings (SSSR count). The van der Waals surface area contributed by atoms with Crippen molar-refractivity contribution in [1.82, 2.24) is 5.16 Å². The van der Waals surface area contributed by atoms with E-state index in [0.717, 1.165) is 38.9 Å². The molecule has 2 aromatic carbocycles. The molecule has 1 aromatic heterocycles. The number of anilines is 2. The maximum Gasteiger partial charge on any atom is 0.256 e. The van der Waals surface area contributed by atoms with E-state index in [1.807, 2.05) is 56.3 Å². The van der Waals surface area contributed by atoms with Crippen LogP contribution in [0.3, 0.4) is 0 Å². The molecule has 6 nitrogen and oxygen atoms in total. The highest BCUT2D eigenvalue weighted by molar-refractivity contribution is 7.98. The van der Waals surface area contributed by atoms with Crippen LogP contribution < -0.4 is 10.6 Å². The number of amides is 2. The molecule has 1 aliphatic rings. The van der Waals surface area contributed by atoms with Crippen molar-refractivity contribution < 1.29 is 14.1 Å². The van der Waals surface area contributed by atoms with Gasteiger partial charge in [-0.25, -0.2) is 0 Å². The molecule has 0 saturated heterocycles. The largest absolute Gasteiger partial charge is 0.361 e. The number of hydrogen-bond donors (Lipinski definition) is 2. The lowest BCUT2D eigenvalue weighted by atomic mass is 10.0. The minimum atomic E-state index is -0.161. The van der Waals surface area contributed by atoms with E-state index in [-0.39, 0.29) is 11.8 Å². The molecule has 0 spiro atoms. The van der Waals surface area contributed by atoms with Crippen molar-refractivity contribution in [3.05, 3.63) is 70.6 Å². The lowest BCUT2D eigenvalue weighted by Crippen LogP contribution is -2.19. The molecule has 0 fully saturated rings. The van der Waals surface area contributed by atoms with Gasteiger partial charge in [-0.1, -0.05) is 17.3 Å². The van der Waals surface area contributed by atoms with E-state index in [2.05, 4.69) is 15.8 Å². The smallest absolute Gasteiger partial charge is 0.256 e. The minimum Gasteiger partial charge on any atom is -0.361 e. The van der Waals surface area contributed by atoms with E-state index in [1.165, 1.54) is 0 Å². The molecule has 0 unspecified atom stereocenters. The summed E-state index contributed by atoms with van der Waals surface area (Å²) in [5.74, 6) is 1.35. The van der Waals surface area contributed by atoms with Gasteiger partial charge in [-0.2, -0.15) is 0 Å². The fourth-order valence-corrected chi connectivity index (χ4v) is 4.50. The number of nitrogens with one attached hydrogen (secondary N) is 2. The molecule has 29 heavy (non-hydrogen) atoms. The molecule has 2 heterocycles. The first-order chi connectivity index (χ1) is 14.0. The van der Waals surface area contributed by atoms with Crippen molar-refractivity contribution in [2.75, 3.05) is 10.6 Å². The van der Waals surface area contributed by atoms with Gasteiger partial charge in [0.1, 0.15) is 5.76 Å². The Morgan fingerprint density at radius 1 is 1.21 bits per heavy atom. The lowest BCUT2D eigenvalue weighted by Gasteiger charge is -2.18. The number of carbonyl (C=O) groups is 2. The maximum absolute atomic E-state index is 12.9. The average molecular weight is 407 g/mol. The highest BCUT2D eigenvalue weighted by atomic mass is 32.2. The average Bonchev–Trinajstić information content (AvgIpc) is 3.04. The third-order valence-corrected chi connectivity index (χ3v) is 6.04. The number of hydrogen-bond acceptors (Lipinski definition) is 5. The molecular formula is C22H21N3O3S. The highest BCUT2D eigenvalue weighted by Gasteiger charge is 2.17. The molecule has 0 saturated carbocycles. The van der Waals surface area contributed by atoms with E-state index < -0.39 is 0 Å². The predicted molar refractivity (Wildman–Crippen MR) is 113 cm³/mol. The predicted octanol–water partition coefficient (Wildman–Crippen LogP) is 4.72. The zero-order valence-corrected chi connectivity index (χ0v) is 17.1. The second-order valence-corrected chi connectivity index (χ2v) is 7.98. The van der Waals surface area contributed by atoms with Crippen LogP contribution in [0.2, 0.25) is 0 Å². The Labute approximate surface area is 173 Å². The molecule has 7 heteroatoms. The van der Waals surface area contributed by atoms with Crippen molar-refractivity contribution in [3.63, 3.8) is 0 Å². The first kappa shape index (κ1) is 19.3. The lowest BCUT2D eigenvalue weighted by molar-refractivity contribution is -0.116. The van der Waals surface area contributed by atoms with E-state index in [1.54, 1.807) is 11.8 Å². The van der Waals surface area contributed by atoms with Crippen LogP contribution in [0.25, 0.3) is 0 Å². The summed E-state index contributed by atoms with van der Waals surface area (Å²) in [4.78, 5) is 25.3. The quantitative estimate of drug-likeness (QED) is 0.598. The van der Waals surface area contributed by atoms with E-state index in [0.29, 0.717) is 24.2 Å². The van der Waals surface area contributed by atoms with Gasteiger partial charge < -0.3 is 15.2 Å². The molecule has 0 aliphatic carbocycles. The summed E-state index contributed by atoms with van der Waals surface area (Å²) >= 11 is 1.59. The molecule has 0 bridgehead atoms. The summed E-state index contributed by atoms with van der Waals surface area (Å²) in [5, 5.41) is 9.82. The van der Waals surface area contributed by atoms with Crippen LogP contribution in [-0.2, 0) is 17.0 Å². The van der Waals surface area contributed by atoms with Crippen molar-refractivity contribution in [2.24, 2.45) is 0 Å². The van der Waals surface area contributed by atoms with Gasteiger partial charge in [-0.3, -0.25) is 9.59 Å². The van der Waals surface area contributed by atoms with E-state index in [4.69, 9.17) is 4.52 Å². The van der Waals surface area contributed by atoms with Gasteiger partial charge in [0, 0.05) is 34.0 Å². The van der Waals surface area contributed by atoms with Gasteiger partial charge in [-0.05, 0) is 56.2 Å². The molecule has 0 atom stereocenters. The van der Waals surface area contributed by atoms with Crippen molar-refractivity contribution in [3.8, 4) is 0 Å². The topological polar surface area (TPSA) is 84.2 Å². The number of aromatic nitrogens is 1. The summed E-state index contributed by atoms with van der Waals surface area (Å²) in [6.07, 6.45) is 1.14. The number of thioether (sulfide) groups is 1. The molecular weight excluding hydrogens is 386 g/mol. The van der Waals surface area contributed by atoms with Gasteiger partial charge in [0.05, 0.1) is 11.3 Å². The third kappa shape index (κ3) is 4.19. The fraction of sp³-hybridized carbons (Fsp3) is 0.227. The monoisotopic (exact) mass is 407 g/mol. The number of aryl methyl sites for hydroxylation is 3. The molecule has 0 radical (unpaired) electrons. The van der Waals surface area contributed by atoms with Crippen LogP contribution in [0, 0.1) is 13.8 Å². The Kier molecular flexibility index (Phi) is 5.40. The third-order valence-electron chi connectivity index (χ3n) is 4.94. The molecule has 1 aliphatic heterocycles. The Hall–Kier alpha value is -3.06. The van der Waals surface area contributed by atoms with Crippen LogP contribution in [0.15, 0.2) is 51.9 Å². The Bertz CT molecular complexity index is 1070.